The molecule has 1 aromatic carbocycles. The summed E-state index contributed by atoms with van der Waals surface area (Å²) >= 11 is 5.92. The van der Waals surface area contributed by atoms with Crippen LogP contribution in [0.4, 0.5) is 0 Å². The second-order valence-electron chi connectivity index (χ2n) is 3.52. The van der Waals surface area contributed by atoms with Crippen LogP contribution in [-0.4, -0.2) is 11.1 Å². The SMILES string of the molecule is C=C(C)c1cc(Cl)cc(CCC(=O)O)c1. The molecule has 0 unspecified atom stereocenters. The van der Waals surface area contributed by atoms with Crippen LogP contribution in [0.2, 0.25) is 5.02 Å². The first-order chi connectivity index (χ1) is 6.99. The summed E-state index contributed by atoms with van der Waals surface area (Å²) in [4.78, 5) is 10.4. The second kappa shape index (κ2) is 4.99. The number of aryl methyl sites for hydroxylation is 1. The predicted octanol–water partition coefficient (Wildman–Crippen LogP) is 3.39. The van der Waals surface area contributed by atoms with Gasteiger partial charge < -0.3 is 5.11 Å². The number of carbonyl (C=O) groups is 1. The number of rotatable bonds is 4. The molecule has 0 saturated carbocycles. The molecule has 0 fully saturated rings. The van der Waals surface area contributed by atoms with E-state index in [1.54, 1.807) is 6.07 Å². The highest BCUT2D eigenvalue weighted by Crippen LogP contribution is 2.20. The molecular weight excluding hydrogens is 212 g/mol. The minimum absolute atomic E-state index is 0.121. The zero-order chi connectivity index (χ0) is 11.4. The van der Waals surface area contributed by atoms with Gasteiger partial charge in [0, 0.05) is 11.4 Å². The molecule has 80 valence electrons. The summed E-state index contributed by atoms with van der Waals surface area (Å²) in [6.45, 7) is 5.72. The van der Waals surface area contributed by atoms with Crippen molar-refractivity contribution in [2.45, 2.75) is 19.8 Å². The van der Waals surface area contributed by atoms with E-state index < -0.39 is 5.97 Å². The third-order valence-corrected chi connectivity index (χ3v) is 2.30. The van der Waals surface area contributed by atoms with Gasteiger partial charge in [0.05, 0.1) is 0 Å². The van der Waals surface area contributed by atoms with Gasteiger partial charge in [-0.2, -0.15) is 0 Å². The summed E-state index contributed by atoms with van der Waals surface area (Å²) in [5.74, 6) is -0.799. The molecule has 0 aliphatic carbocycles. The molecule has 3 heteroatoms. The Bertz CT molecular complexity index is 397. The van der Waals surface area contributed by atoms with Crippen molar-refractivity contribution in [2.24, 2.45) is 0 Å². The topological polar surface area (TPSA) is 37.3 Å². The third-order valence-electron chi connectivity index (χ3n) is 2.08. The fourth-order valence-electron chi connectivity index (χ4n) is 1.29. The summed E-state index contributed by atoms with van der Waals surface area (Å²) < 4.78 is 0. The van der Waals surface area contributed by atoms with Crippen LogP contribution in [0, 0.1) is 0 Å². The molecule has 0 aromatic heterocycles. The van der Waals surface area contributed by atoms with Crippen LogP contribution in [0.1, 0.15) is 24.5 Å². The number of benzene rings is 1. The molecule has 0 amide bonds. The van der Waals surface area contributed by atoms with Gasteiger partial charge in [-0.25, -0.2) is 0 Å². The summed E-state index contributed by atoms with van der Waals surface area (Å²) in [6.07, 6.45) is 0.617. The fourth-order valence-corrected chi connectivity index (χ4v) is 1.55. The monoisotopic (exact) mass is 224 g/mol. The molecule has 15 heavy (non-hydrogen) atoms. The van der Waals surface area contributed by atoms with E-state index >= 15 is 0 Å². The molecular formula is C12H13ClO2. The van der Waals surface area contributed by atoms with Crippen LogP contribution in [0.25, 0.3) is 5.57 Å². The van der Waals surface area contributed by atoms with Crippen molar-refractivity contribution in [1.82, 2.24) is 0 Å². The van der Waals surface area contributed by atoms with Gasteiger partial charge in [0.15, 0.2) is 0 Å². The molecule has 1 aromatic rings. The summed E-state index contributed by atoms with van der Waals surface area (Å²) in [5.41, 5.74) is 2.82. The lowest BCUT2D eigenvalue weighted by Gasteiger charge is -2.05. The van der Waals surface area contributed by atoms with Crippen LogP contribution in [-0.2, 0) is 11.2 Å². The molecule has 0 aliphatic rings. The van der Waals surface area contributed by atoms with Crippen LogP contribution in [0.15, 0.2) is 24.8 Å². The van der Waals surface area contributed by atoms with Gasteiger partial charge in [-0.1, -0.05) is 29.8 Å². The zero-order valence-electron chi connectivity index (χ0n) is 8.59. The van der Waals surface area contributed by atoms with E-state index in [9.17, 15) is 4.79 Å². The van der Waals surface area contributed by atoms with Crippen molar-refractivity contribution >= 4 is 23.1 Å². The molecule has 0 bridgehead atoms. The standard InChI is InChI=1S/C12H13ClO2/c1-8(2)10-5-9(3-4-12(14)15)6-11(13)7-10/h5-7H,1,3-4H2,2H3,(H,14,15). The first kappa shape index (κ1) is 11.8. The lowest BCUT2D eigenvalue weighted by Crippen LogP contribution is -1.97. The Morgan fingerprint density at radius 1 is 1.47 bits per heavy atom. The largest absolute Gasteiger partial charge is 0.481 e. The lowest BCUT2D eigenvalue weighted by molar-refractivity contribution is -0.136. The minimum Gasteiger partial charge on any atom is -0.481 e. The summed E-state index contributed by atoms with van der Waals surface area (Å²) in [5, 5.41) is 9.19. The molecule has 0 atom stereocenters. The maximum absolute atomic E-state index is 10.4. The van der Waals surface area contributed by atoms with Crippen molar-refractivity contribution in [2.75, 3.05) is 0 Å². The van der Waals surface area contributed by atoms with E-state index in [0.29, 0.717) is 11.4 Å². The van der Waals surface area contributed by atoms with Crippen LogP contribution in [0.3, 0.4) is 0 Å². The van der Waals surface area contributed by atoms with E-state index in [1.807, 2.05) is 19.1 Å². The molecule has 2 nitrogen and oxygen atoms in total. The van der Waals surface area contributed by atoms with E-state index in [-0.39, 0.29) is 6.42 Å². The van der Waals surface area contributed by atoms with Gasteiger partial charge in [-0.05, 0) is 36.6 Å². The number of hydrogen-bond donors (Lipinski definition) is 1. The first-order valence-electron chi connectivity index (χ1n) is 4.66. The van der Waals surface area contributed by atoms with Crippen molar-refractivity contribution in [1.29, 1.82) is 0 Å². The predicted molar refractivity (Wildman–Crippen MR) is 62.1 cm³/mol. The van der Waals surface area contributed by atoms with Gasteiger partial charge in [-0.3, -0.25) is 4.79 Å². The Morgan fingerprint density at radius 2 is 2.13 bits per heavy atom. The molecule has 0 aliphatic heterocycles. The number of carboxylic acids is 1. The number of allylic oxidation sites excluding steroid dienone is 1. The highest BCUT2D eigenvalue weighted by molar-refractivity contribution is 6.30. The van der Waals surface area contributed by atoms with Gasteiger partial charge >= 0.3 is 5.97 Å². The smallest absolute Gasteiger partial charge is 0.303 e. The molecule has 0 saturated heterocycles. The Balaban J connectivity index is 2.88. The molecule has 0 radical (unpaired) electrons. The molecule has 1 rings (SSSR count). The van der Waals surface area contributed by atoms with Crippen molar-refractivity contribution < 1.29 is 9.90 Å². The van der Waals surface area contributed by atoms with Gasteiger partial charge in [0.2, 0.25) is 0 Å². The van der Waals surface area contributed by atoms with Crippen LogP contribution in [0.5, 0.6) is 0 Å². The highest BCUT2D eigenvalue weighted by Gasteiger charge is 2.03. The van der Waals surface area contributed by atoms with Crippen LogP contribution >= 0.6 is 11.6 Å². The quantitative estimate of drug-likeness (QED) is 0.851. The molecule has 1 N–H and O–H groups in total. The van der Waals surface area contributed by atoms with Gasteiger partial charge in [0.25, 0.3) is 0 Å². The van der Waals surface area contributed by atoms with E-state index in [4.69, 9.17) is 16.7 Å². The van der Waals surface area contributed by atoms with E-state index in [2.05, 4.69) is 6.58 Å². The number of halogens is 1. The summed E-state index contributed by atoms with van der Waals surface area (Å²) in [7, 11) is 0. The van der Waals surface area contributed by atoms with E-state index in [1.165, 1.54) is 0 Å². The first-order valence-corrected chi connectivity index (χ1v) is 5.04. The number of carboxylic acid groups (broad SMARTS) is 1. The highest BCUT2D eigenvalue weighted by atomic mass is 35.5. The van der Waals surface area contributed by atoms with E-state index in [0.717, 1.165) is 16.7 Å². The van der Waals surface area contributed by atoms with Crippen molar-refractivity contribution in [3.8, 4) is 0 Å². The van der Waals surface area contributed by atoms with Crippen molar-refractivity contribution in [3.05, 3.63) is 40.9 Å². The van der Waals surface area contributed by atoms with Crippen LogP contribution < -0.4 is 0 Å². The Morgan fingerprint density at radius 3 is 2.67 bits per heavy atom. The molecule has 0 spiro atoms. The molecule has 0 heterocycles. The maximum Gasteiger partial charge on any atom is 0.303 e. The second-order valence-corrected chi connectivity index (χ2v) is 3.96. The average Bonchev–Trinajstić information content (AvgIpc) is 2.13. The zero-order valence-corrected chi connectivity index (χ0v) is 9.34. The summed E-state index contributed by atoms with van der Waals surface area (Å²) in [6, 6.07) is 5.54. The number of aliphatic carboxylic acids is 1. The fraction of sp³-hybridized carbons (Fsp3) is 0.250. The third kappa shape index (κ3) is 3.76. The van der Waals surface area contributed by atoms with Gasteiger partial charge in [0.1, 0.15) is 0 Å². The Labute approximate surface area is 94.2 Å². The minimum atomic E-state index is -0.799. The normalized spacial score (nSPS) is 10.0. The van der Waals surface area contributed by atoms with Gasteiger partial charge in [-0.15, -0.1) is 0 Å². The average molecular weight is 225 g/mol. The Kier molecular flexibility index (Phi) is 3.92. The maximum atomic E-state index is 10.4. The van der Waals surface area contributed by atoms with Crippen molar-refractivity contribution in [3.63, 3.8) is 0 Å². The lowest BCUT2D eigenvalue weighted by atomic mass is 10.0. The Hall–Kier alpha value is -1.28. The number of hydrogen-bond acceptors (Lipinski definition) is 1.